The Labute approximate surface area is 62.4 Å². The smallest absolute Gasteiger partial charge is 0.468 e. The molecule has 3 heteroatoms. The van der Waals surface area contributed by atoms with Crippen molar-refractivity contribution in [3.8, 4) is 0 Å². The molecule has 8 heavy (non-hydrogen) atoms. The summed E-state index contributed by atoms with van der Waals surface area (Å²) in [6.45, 7) is 5.55. The Kier molecular flexibility index (Phi) is 9.72. The summed E-state index contributed by atoms with van der Waals surface area (Å²) in [6, 6.07) is 0. The zero-order valence-electron chi connectivity index (χ0n) is 5.14. The molecule has 0 spiro atoms. The first-order valence-electron chi connectivity index (χ1n) is 2.26. The summed E-state index contributed by atoms with van der Waals surface area (Å²) in [4.78, 5) is 10.1. The maximum Gasteiger partial charge on any atom is 2.00 e. The van der Waals surface area contributed by atoms with Crippen molar-refractivity contribution in [2.24, 2.45) is 0 Å². The predicted molar refractivity (Wildman–Crippen MR) is 26.6 cm³/mol. The fraction of sp³-hybridized carbons (Fsp3) is 0.600. The SMILES string of the molecule is [CH2-]CC(=O)OCC.[Zn+2]. The van der Waals surface area contributed by atoms with Gasteiger partial charge in [-0.3, -0.25) is 4.79 Å². The topological polar surface area (TPSA) is 26.3 Å². The third-order valence-corrected chi connectivity index (χ3v) is 0.509. The van der Waals surface area contributed by atoms with E-state index in [1.165, 1.54) is 0 Å². The molecule has 0 aliphatic heterocycles. The molecule has 0 saturated heterocycles. The van der Waals surface area contributed by atoms with Crippen molar-refractivity contribution < 1.29 is 29.0 Å². The molecule has 0 rings (SSSR count). The van der Waals surface area contributed by atoms with Gasteiger partial charge in [-0.25, -0.2) is 0 Å². The molecule has 0 heterocycles. The summed E-state index contributed by atoms with van der Waals surface area (Å²) >= 11 is 0. The third-order valence-electron chi connectivity index (χ3n) is 0.509. The van der Waals surface area contributed by atoms with Gasteiger partial charge in [0.1, 0.15) is 0 Å². The largest absolute Gasteiger partial charge is 2.00 e. The van der Waals surface area contributed by atoms with Crippen LogP contribution < -0.4 is 0 Å². The number of hydrogen-bond donors (Lipinski definition) is 0. The van der Waals surface area contributed by atoms with Gasteiger partial charge in [0.2, 0.25) is 0 Å². The molecule has 0 aliphatic rings. The second-order valence-electron chi connectivity index (χ2n) is 1.06. The Morgan fingerprint density at radius 2 is 2.25 bits per heavy atom. The normalized spacial score (nSPS) is 7.25. The van der Waals surface area contributed by atoms with Gasteiger partial charge in [-0.15, -0.1) is 0 Å². The molecule has 0 fully saturated rings. The van der Waals surface area contributed by atoms with Crippen LogP contribution in [-0.4, -0.2) is 12.6 Å². The Balaban J connectivity index is 0. The van der Waals surface area contributed by atoms with E-state index in [1.54, 1.807) is 6.92 Å². The summed E-state index contributed by atoms with van der Waals surface area (Å²) in [5.74, 6) is -0.234. The van der Waals surface area contributed by atoms with Crippen LogP contribution in [0.2, 0.25) is 0 Å². The number of hydrogen-bond acceptors (Lipinski definition) is 2. The third kappa shape index (κ3) is 6.09. The molecule has 0 aromatic heterocycles. The van der Waals surface area contributed by atoms with Crippen LogP contribution in [0.15, 0.2) is 0 Å². The number of ether oxygens (including phenoxy) is 1. The maximum atomic E-state index is 10.1. The minimum absolute atomic E-state index is 0. The average Bonchev–Trinajstić information content (AvgIpc) is 1.68. The number of esters is 1. The van der Waals surface area contributed by atoms with Gasteiger partial charge >= 0.3 is 19.5 Å². The fourth-order valence-corrected chi connectivity index (χ4v) is 0.233. The van der Waals surface area contributed by atoms with Crippen LogP contribution in [-0.2, 0) is 29.0 Å². The minimum atomic E-state index is -0.234. The first kappa shape index (κ1) is 11.0. The Morgan fingerprint density at radius 3 is 2.38 bits per heavy atom. The van der Waals surface area contributed by atoms with Crippen LogP contribution in [0.5, 0.6) is 0 Å². The molecule has 42 valence electrons. The second-order valence-corrected chi connectivity index (χ2v) is 1.06. The van der Waals surface area contributed by atoms with Gasteiger partial charge in [-0.05, 0) is 6.92 Å². The number of carbonyl (C=O) groups excluding carboxylic acids is 1. The van der Waals surface area contributed by atoms with Gasteiger partial charge in [-0.1, -0.05) is 6.42 Å². The average molecular weight is 167 g/mol. The molecule has 0 aromatic carbocycles. The molecule has 0 radical (unpaired) electrons. The van der Waals surface area contributed by atoms with Crippen molar-refractivity contribution in [2.75, 3.05) is 6.61 Å². The van der Waals surface area contributed by atoms with E-state index < -0.39 is 0 Å². The van der Waals surface area contributed by atoms with Crippen LogP contribution >= 0.6 is 0 Å². The van der Waals surface area contributed by atoms with Crippen molar-refractivity contribution >= 4 is 5.97 Å². The molecule has 0 unspecified atom stereocenters. The van der Waals surface area contributed by atoms with E-state index in [-0.39, 0.29) is 31.9 Å². The van der Waals surface area contributed by atoms with Gasteiger partial charge in [0, 0.05) is 0 Å². The summed E-state index contributed by atoms with van der Waals surface area (Å²) in [5.41, 5.74) is 0. The van der Waals surface area contributed by atoms with Crippen LogP contribution in [0.1, 0.15) is 13.3 Å². The van der Waals surface area contributed by atoms with Crippen molar-refractivity contribution in [3.63, 3.8) is 0 Å². The van der Waals surface area contributed by atoms with Crippen molar-refractivity contribution in [2.45, 2.75) is 13.3 Å². The van der Waals surface area contributed by atoms with Gasteiger partial charge in [0.15, 0.2) is 0 Å². The Bertz CT molecular complexity index is 63.4. The summed E-state index contributed by atoms with van der Waals surface area (Å²) in [6.07, 6.45) is 0.230. The van der Waals surface area contributed by atoms with Crippen LogP contribution in [0.3, 0.4) is 0 Å². The molecule has 0 aromatic rings. The molecule has 0 aliphatic carbocycles. The second kappa shape index (κ2) is 7.09. The standard InChI is InChI=1S/C5H9O2.Zn/c1-3-5(6)7-4-2;/h1,3-4H2,2H3;/q-1;+2. The van der Waals surface area contributed by atoms with E-state index in [4.69, 9.17) is 0 Å². The molecular formula is C5H9O2Zn+. The van der Waals surface area contributed by atoms with E-state index >= 15 is 0 Å². The van der Waals surface area contributed by atoms with Crippen LogP contribution in [0.4, 0.5) is 0 Å². The fourth-order valence-electron chi connectivity index (χ4n) is 0.233. The molecule has 0 N–H and O–H groups in total. The van der Waals surface area contributed by atoms with Gasteiger partial charge in [-0.2, -0.15) is 0 Å². The molecular weight excluding hydrogens is 157 g/mol. The van der Waals surface area contributed by atoms with Gasteiger partial charge in [0.25, 0.3) is 5.97 Å². The first-order chi connectivity index (χ1) is 3.31. The van der Waals surface area contributed by atoms with E-state index in [0.29, 0.717) is 6.61 Å². The summed E-state index contributed by atoms with van der Waals surface area (Å²) in [7, 11) is 0. The van der Waals surface area contributed by atoms with Crippen molar-refractivity contribution in [1.82, 2.24) is 0 Å². The van der Waals surface area contributed by atoms with Gasteiger partial charge < -0.3 is 11.7 Å². The maximum absolute atomic E-state index is 10.1. The van der Waals surface area contributed by atoms with Crippen LogP contribution in [0.25, 0.3) is 0 Å². The van der Waals surface area contributed by atoms with Crippen molar-refractivity contribution in [3.05, 3.63) is 6.92 Å². The Morgan fingerprint density at radius 1 is 1.75 bits per heavy atom. The van der Waals surface area contributed by atoms with Crippen LogP contribution in [0, 0.1) is 6.92 Å². The Hall–Kier alpha value is 0.0934. The molecule has 0 bridgehead atoms. The molecule has 2 nitrogen and oxygen atoms in total. The molecule has 0 amide bonds. The van der Waals surface area contributed by atoms with E-state index in [0.717, 1.165) is 0 Å². The number of carbonyl (C=O) groups is 1. The van der Waals surface area contributed by atoms with E-state index in [9.17, 15) is 4.79 Å². The summed E-state index contributed by atoms with van der Waals surface area (Å²) in [5, 5.41) is 0. The first-order valence-corrected chi connectivity index (χ1v) is 2.26. The predicted octanol–water partition coefficient (Wildman–Crippen LogP) is 0.771. The zero-order valence-corrected chi connectivity index (χ0v) is 8.11. The monoisotopic (exact) mass is 165 g/mol. The van der Waals surface area contributed by atoms with E-state index in [1.807, 2.05) is 0 Å². The molecule has 0 atom stereocenters. The quantitative estimate of drug-likeness (QED) is 0.344. The van der Waals surface area contributed by atoms with Gasteiger partial charge in [0.05, 0.1) is 6.61 Å². The van der Waals surface area contributed by atoms with E-state index in [2.05, 4.69) is 11.7 Å². The van der Waals surface area contributed by atoms with Crippen molar-refractivity contribution in [1.29, 1.82) is 0 Å². The summed E-state index contributed by atoms with van der Waals surface area (Å²) < 4.78 is 4.49. The minimum Gasteiger partial charge on any atom is -0.468 e. The number of rotatable bonds is 2. The zero-order chi connectivity index (χ0) is 5.70. The molecule has 0 saturated carbocycles.